The van der Waals surface area contributed by atoms with E-state index in [0.717, 1.165) is 38.5 Å². The van der Waals surface area contributed by atoms with Gasteiger partial charge in [-0.2, -0.15) is 5.10 Å². The Kier molecular flexibility index (Phi) is 5.35. The van der Waals surface area contributed by atoms with Crippen molar-refractivity contribution in [3.8, 4) is 22.7 Å². The highest BCUT2D eigenvalue weighted by molar-refractivity contribution is 9.10. The number of ether oxygens (including phenoxy) is 1. The minimum absolute atomic E-state index is 0.743. The van der Waals surface area contributed by atoms with E-state index < -0.39 is 0 Å². The van der Waals surface area contributed by atoms with Crippen LogP contribution in [-0.4, -0.2) is 23.1 Å². The number of para-hydroxylation sites is 1. The average molecular weight is 432 g/mol. The van der Waals surface area contributed by atoms with E-state index in [1.807, 2.05) is 89.6 Å². The van der Waals surface area contributed by atoms with Crippen molar-refractivity contribution in [3.05, 3.63) is 95.0 Å². The molecule has 0 atom stereocenters. The van der Waals surface area contributed by atoms with Gasteiger partial charge in [0.1, 0.15) is 5.75 Å². The summed E-state index contributed by atoms with van der Waals surface area (Å²) in [6.07, 6.45) is 1.80. The molecule has 5 heteroatoms. The van der Waals surface area contributed by atoms with Crippen molar-refractivity contribution in [2.75, 3.05) is 7.11 Å². The number of halogens is 1. The van der Waals surface area contributed by atoms with Crippen LogP contribution >= 0.6 is 15.9 Å². The van der Waals surface area contributed by atoms with Gasteiger partial charge in [0.25, 0.3) is 0 Å². The van der Waals surface area contributed by atoms with Gasteiger partial charge in [-0.25, -0.2) is 9.67 Å². The topological polar surface area (TPSA) is 39.4 Å². The van der Waals surface area contributed by atoms with Crippen molar-refractivity contribution in [2.24, 2.45) is 4.99 Å². The Morgan fingerprint density at radius 2 is 1.64 bits per heavy atom. The van der Waals surface area contributed by atoms with E-state index in [2.05, 4.69) is 15.9 Å². The first-order valence-electron chi connectivity index (χ1n) is 8.83. The lowest BCUT2D eigenvalue weighted by Crippen LogP contribution is -1.96. The molecule has 0 aliphatic carbocycles. The van der Waals surface area contributed by atoms with Crippen LogP contribution in [0.25, 0.3) is 16.9 Å². The van der Waals surface area contributed by atoms with Crippen LogP contribution in [0.4, 0.5) is 5.82 Å². The van der Waals surface area contributed by atoms with Gasteiger partial charge in [0.05, 0.1) is 18.5 Å². The lowest BCUT2D eigenvalue weighted by atomic mass is 10.1. The fraction of sp³-hybridized carbons (Fsp3) is 0.0435. The van der Waals surface area contributed by atoms with Gasteiger partial charge in [0.15, 0.2) is 5.82 Å². The van der Waals surface area contributed by atoms with Gasteiger partial charge in [0, 0.05) is 27.9 Å². The van der Waals surface area contributed by atoms with E-state index in [0.29, 0.717) is 0 Å². The number of methoxy groups -OCH3 is 1. The third-order valence-electron chi connectivity index (χ3n) is 4.29. The fourth-order valence-corrected chi connectivity index (χ4v) is 3.29. The molecule has 138 valence electrons. The van der Waals surface area contributed by atoms with Crippen LogP contribution in [0.2, 0.25) is 0 Å². The van der Waals surface area contributed by atoms with Gasteiger partial charge in [-0.15, -0.1) is 0 Å². The van der Waals surface area contributed by atoms with Crippen LogP contribution in [0.1, 0.15) is 5.56 Å². The number of aromatic nitrogens is 2. The first-order valence-corrected chi connectivity index (χ1v) is 9.62. The third kappa shape index (κ3) is 3.89. The Morgan fingerprint density at radius 1 is 0.929 bits per heavy atom. The molecule has 0 unspecified atom stereocenters. The SMILES string of the molecule is COc1ccc(Br)cc1/C=N/c1cc(-c2ccccc2)nn1-c1ccccc1. The Morgan fingerprint density at radius 3 is 2.36 bits per heavy atom. The van der Waals surface area contributed by atoms with Crippen LogP contribution in [0.3, 0.4) is 0 Å². The second-order valence-corrected chi connectivity index (χ2v) is 7.06. The van der Waals surface area contributed by atoms with Gasteiger partial charge in [0.2, 0.25) is 0 Å². The van der Waals surface area contributed by atoms with E-state index in [-0.39, 0.29) is 0 Å². The molecule has 0 spiro atoms. The summed E-state index contributed by atoms with van der Waals surface area (Å²) in [4.78, 5) is 4.72. The van der Waals surface area contributed by atoms with Crippen molar-refractivity contribution in [3.63, 3.8) is 0 Å². The molecule has 0 aliphatic rings. The highest BCUT2D eigenvalue weighted by Gasteiger charge is 2.10. The maximum absolute atomic E-state index is 5.44. The highest BCUT2D eigenvalue weighted by atomic mass is 79.9. The van der Waals surface area contributed by atoms with E-state index in [1.54, 1.807) is 13.3 Å². The molecule has 4 rings (SSSR count). The molecular weight excluding hydrogens is 414 g/mol. The van der Waals surface area contributed by atoms with Crippen LogP contribution < -0.4 is 4.74 Å². The Balaban J connectivity index is 1.79. The van der Waals surface area contributed by atoms with Crippen LogP contribution in [0, 0.1) is 0 Å². The molecule has 0 amide bonds. The first kappa shape index (κ1) is 18.2. The molecule has 0 aliphatic heterocycles. The lowest BCUT2D eigenvalue weighted by molar-refractivity contribution is 0.414. The van der Waals surface area contributed by atoms with Crippen LogP contribution in [-0.2, 0) is 0 Å². The van der Waals surface area contributed by atoms with Gasteiger partial charge in [-0.05, 0) is 30.3 Å². The summed E-state index contributed by atoms with van der Waals surface area (Å²) in [5, 5.41) is 4.79. The summed E-state index contributed by atoms with van der Waals surface area (Å²) in [6.45, 7) is 0. The summed E-state index contributed by atoms with van der Waals surface area (Å²) < 4.78 is 8.26. The van der Waals surface area contributed by atoms with Gasteiger partial charge < -0.3 is 4.74 Å². The molecule has 0 saturated heterocycles. The maximum Gasteiger partial charge on any atom is 0.156 e. The van der Waals surface area contributed by atoms with E-state index in [4.69, 9.17) is 14.8 Å². The average Bonchev–Trinajstić information content (AvgIpc) is 3.18. The Bertz CT molecular complexity index is 1110. The minimum atomic E-state index is 0.743. The second-order valence-electron chi connectivity index (χ2n) is 6.15. The quantitative estimate of drug-likeness (QED) is 0.360. The zero-order valence-corrected chi connectivity index (χ0v) is 16.9. The summed E-state index contributed by atoms with van der Waals surface area (Å²) in [6, 6.07) is 27.9. The van der Waals surface area contributed by atoms with Gasteiger partial charge >= 0.3 is 0 Å². The molecule has 0 fully saturated rings. The predicted molar refractivity (Wildman–Crippen MR) is 117 cm³/mol. The molecule has 1 heterocycles. The largest absolute Gasteiger partial charge is 0.496 e. The second kappa shape index (κ2) is 8.23. The predicted octanol–water partition coefficient (Wildman–Crippen LogP) is 6.06. The number of aliphatic imine (C=N–C) groups is 1. The zero-order chi connectivity index (χ0) is 19.3. The first-order chi connectivity index (χ1) is 13.7. The van der Waals surface area contributed by atoms with Gasteiger partial charge in [-0.1, -0.05) is 64.5 Å². The smallest absolute Gasteiger partial charge is 0.156 e. The monoisotopic (exact) mass is 431 g/mol. The molecule has 0 N–H and O–H groups in total. The van der Waals surface area contributed by atoms with E-state index >= 15 is 0 Å². The highest BCUT2D eigenvalue weighted by Crippen LogP contribution is 2.27. The van der Waals surface area contributed by atoms with E-state index in [9.17, 15) is 0 Å². The normalized spacial score (nSPS) is 11.1. The summed E-state index contributed by atoms with van der Waals surface area (Å²) in [5.41, 5.74) is 3.77. The van der Waals surface area contributed by atoms with Crippen LogP contribution in [0.15, 0.2) is 94.4 Å². The molecule has 0 bridgehead atoms. The Hall–Kier alpha value is -3.18. The number of hydrogen-bond donors (Lipinski definition) is 0. The molecule has 0 saturated carbocycles. The molecule has 1 aromatic heterocycles. The Labute approximate surface area is 172 Å². The molecule has 4 aromatic rings. The van der Waals surface area contributed by atoms with Crippen molar-refractivity contribution < 1.29 is 4.74 Å². The zero-order valence-electron chi connectivity index (χ0n) is 15.3. The minimum Gasteiger partial charge on any atom is -0.496 e. The van der Waals surface area contributed by atoms with Gasteiger partial charge in [-0.3, -0.25) is 0 Å². The van der Waals surface area contributed by atoms with Crippen molar-refractivity contribution >= 4 is 28.0 Å². The molecule has 28 heavy (non-hydrogen) atoms. The summed E-state index contributed by atoms with van der Waals surface area (Å²) in [7, 11) is 1.66. The molecule has 3 aromatic carbocycles. The molecular formula is C23H18BrN3O. The maximum atomic E-state index is 5.44. The number of rotatable bonds is 5. The van der Waals surface area contributed by atoms with Crippen molar-refractivity contribution in [1.29, 1.82) is 0 Å². The van der Waals surface area contributed by atoms with E-state index in [1.165, 1.54) is 0 Å². The van der Waals surface area contributed by atoms with Crippen molar-refractivity contribution in [1.82, 2.24) is 9.78 Å². The molecule has 0 radical (unpaired) electrons. The number of nitrogens with zero attached hydrogens (tertiary/aromatic N) is 3. The van der Waals surface area contributed by atoms with Crippen LogP contribution in [0.5, 0.6) is 5.75 Å². The number of benzene rings is 3. The fourth-order valence-electron chi connectivity index (χ4n) is 2.91. The summed E-state index contributed by atoms with van der Waals surface area (Å²) in [5.74, 6) is 1.51. The molecule has 4 nitrogen and oxygen atoms in total. The third-order valence-corrected chi connectivity index (χ3v) is 4.78. The summed E-state index contributed by atoms with van der Waals surface area (Å²) >= 11 is 3.50. The standard InChI is InChI=1S/C23H18BrN3O/c1-28-22-13-12-19(24)14-18(22)16-25-23-15-21(17-8-4-2-5-9-17)26-27(23)20-10-6-3-7-11-20/h2-16H,1H3/b25-16+. The lowest BCUT2D eigenvalue weighted by Gasteiger charge is -2.05. The number of hydrogen-bond acceptors (Lipinski definition) is 3. The van der Waals surface area contributed by atoms with Crippen molar-refractivity contribution in [2.45, 2.75) is 0 Å².